The van der Waals surface area contributed by atoms with E-state index in [2.05, 4.69) is 10.3 Å². The van der Waals surface area contributed by atoms with Gasteiger partial charge in [-0.25, -0.2) is 9.18 Å². The molecule has 6 nitrogen and oxygen atoms in total. The number of alkyl carbamates (subject to hydrolysis) is 1. The Hall–Kier alpha value is -2.02. The number of ketones is 1. The van der Waals surface area contributed by atoms with E-state index in [9.17, 15) is 14.0 Å². The van der Waals surface area contributed by atoms with Crippen molar-refractivity contribution in [1.82, 2.24) is 10.3 Å². The van der Waals surface area contributed by atoms with Gasteiger partial charge < -0.3 is 14.8 Å². The zero-order chi connectivity index (χ0) is 17.6. The van der Waals surface area contributed by atoms with Crippen LogP contribution in [0.3, 0.4) is 0 Å². The van der Waals surface area contributed by atoms with Crippen molar-refractivity contribution in [2.24, 2.45) is 5.92 Å². The molecule has 0 saturated heterocycles. The number of pyridine rings is 1. The Morgan fingerprint density at radius 1 is 1.35 bits per heavy atom. The number of ether oxygens (including phenoxy) is 2. The third-order valence-corrected chi connectivity index (χ3v) is 3.05. The molecule has 128 valence electrons. The number of carbonyl (C=O) groups excluding carboxylic acids is 2. The summed E-state index contributed by atoms with van der Waals surface area (Å²) < 4.78 is 23.1. The summed E-state index contributed by atoms with van der Waals surface area (Å²) in [4.78, 5) is 28.1. The minimum atomic E-state index is -0.645. The number of Topliss-reactive ketones (excluding diaryl/α,β-unsaturated/α-hetero) is 1. The minimum Gasteiger partial charge on any atom is -0.444 e. The number of rotatable bonds is 6. The van der Waals surface area contributed by atoms with Gasteiger partial charge in [0.25, 0.3) is 0 Å². The van der Waals surface area contributed by atoms with Crippen LogP contribution in [0.5, 0.6) is 0 Å². The highest BCUT2D eigenvalue weighted by atomic mass is 19.1. The minimum absolute atomic E-state index is 0.131. The molecule has 0 saturated carbocycles. The van der Waals surface area contributed by atoms with E-state index in [4.69, 9.17) is 9.47 Å². The summed E-state index contributed by atoms with van der Waals surface area (Å²) >= 11 is 0. The van der Waals surface area contributed by atoms with Gasteiger partial charge >= 0.3 is 6.09 Å². The molecule has 1 aromatic rings. The SMILES string of the molecule is COCC(NC(=O)OC(C)(C)C)C(C)C(=O)c1ccc(F)cn1. The van der Waals surface area contributed by atoms with E-state index in [1.165, 1.54) is 19.2 Å². The van der Waals surface area contributed by atoms with Crippen molar-refractivity contribution in [1.29, 1.82) is 0 Å². The smallest absolute Gasteiger partial charge is 0.407 e. The van der Waals surface area contributed by atoms with E-state index in [0.29, 0.717) is 0 Å². The summed E-state index contributed by atoms with van der Waals surface area (Å²) in [6, 6.07) is 1.89. The van der Waals surface area contributed by atoms with Gasteiger partial charge in [0.1, 0.15) is 17.1 Å². The lowest BCUT2D eigenvalue weighted by molar-refractivity contribution is 0.0434. The summed E-state index contributed by atoms with van der Waals surface area (Å²) in [6.07, 6.45) is 0.346. The molecule has 0 radical (unpaired) electrons. The fourth-order valence-electron chi connectivity index (χ4n) is 1.89. The lowest BCUT2D eigenvalue weighted by Gasteiger charge is -2.26. The predicted molar refractivity (Wildman–Crippen MR) is 82.7 cm³/mol. The number of methoxy groups -OCH3 is 1. The van der Waals surface area contributed by atoms with Gasteiger partial charge in [0, 0.05) is 13.0 Å². The predicted octanol–water partition coefficient (Wildman–Crippen LogP) is 2.58. The van der Waals surface area contributed by atoms with E-state index in [0.717, 1.165) is 6.20 Å². The van der Waals surface area contributed by atoms with Crippen LogP contribution in [-0.4, -0.2) is 42.2 Å². The normalized spacial score (nSPS) is 14.0. The van der Waals surface area contributed by atoms with Crippen molar-refractivity contribution in [3.8, 4) is 0 Å². The molecule has 0 fully saturated rings. The van der Waals surface area contributed by atoms with Crippen molar-refractivity contribution in [2.45, 2.75) is 39.3 Å². The fraction of sp³-hybridized carbons (Fsp3) is 0.562. The van der Waals surface area contributed by atoms with Crippen molar-refractivity contribution >= 4 is 11.9 Å². The molecule has 2 unspecified atom stereocenters. The van der Waals surface area contributed by atoms with Crippen LogP contribution in [0.4, 0.5) is 9.18 Å². The Morgan fingerprint density at radius 2 is 2.00 bits per heavy atom. The Labute approximate surface area is 135 Å². The number of halogens is 1. The van der Waals surface area contributed by atoms with Gasteiger partial charge in [0.05, 0.1) is 18.8 Å². The van der Waals surface area contributed by atoms with Crippen molar-refractivity contribution in [3.05, 3.63) is 29.8 Å². The summed E-state index contributed by atoms with van der Waals surface area (Å²) in [7, 11) is 1.47. The highest BCUT2D eigenvalue weighted by Gasteiger charge is 2.29. The fourth-order valence-corrected chi connectivity index (χ4v) is 1.89. The van der Waals surface area contributed by atoms with Crippen molar-refractivity contribution in [2.75, 3.05) is 13.7 Å². The Kier molecular flexibility index (Phi) is 6.62. The van der Waals surface area contributed by atoms with Crippen LogP contribution in [0.25, 0.3) is 0 Å². The lowest BCUT2D eigenvalue weighted by Crippen LogP contribution is -2.47. The molecule has 0 aliphatic rings. The molecule has 2 atom stereocenters. The topological polar surface area (TPSA) is 77.5 Å². The zero-order valence-electron chi connectivity index (χ0n) is 14.1. The Morgan fingerprint density at radius 3 is 2.48 bits per heavy atom. The second kappa shape index (κ2) is 8.01. The molecule has 23 heavy (non-hydrogen) atoms. The van der Waals surface area contributed by atoms with Crippen LogP contribution in [0.1, 0.15) is 38.2 Å². The van der Waals surface area contributed by atoms with E-state index in [1.807, 2.05) is 0 Å². The standard InChI is InChI=1S/C16H23FN2O4/c1-10(14(20)12-7-6-11(17)8-18-12)13(9-22-5)19-15(21)23-16(2,3)4/h6-8,10,13H,9H2,1-5H3,(H,19,21). The number of carbonyl (C=O) groups is 2. The van der Waals surface area contributed by atoms with Crippen LogP contribution in [0.15, 0.2) is 18.3 Å². The summed E-state index contributed by atoms with van der Waals surface area (Å²) in [6.45, 7) is 7.01. The maximum atomic E-state index is 12.9. The molecule has 7 heteroatoms. The average molecular weight is 326 g/mol. The van der Waals surface area contributed by atoms with Crippen LogP contribution in [0.2, 0.25) is 0 Å². The number of hydrogen-bond donors (Lipinski definition) is 1. The van der Waals surface area contributed by atoms with Gasteiger partial charge in [-0.15, -0.1) is 0 Å². The molecule has 0 bridgehead atoms. The third-order valence-electron chi connectivity index (χ3n) is 3.05. The molecule has 1 heterocycles. The molecular formula is C16H23FN2O4. The van der Waals surface area contributed by atoms with E-state index in [1.54, 1.807) is 27.7 Å². The first-order valence-corrected chi connectivity index (χ1v) is 7.28. The van der Waals surface area contributed by atoms with Crippen LogP contribution < -0.4 is 5.32 Å². The molecule has 0 aliphatic carbocycles. The van der Waals surface area contributed by atoms with Crippen LogP contribution in [-0.2, 0) is 9.47 Å². The number of nitrogens with zero attached hydrogens (tertiary/aromatic N) is 1. The summed E-state index contributed by atoms with van der Waals surface area (Å²) in [5.74, 6) is -1.45. The highest BCUT2D eigenvalue weighted by Crippen LogP contribution is 2.13. The first-order valence-electron chi connectivity index (χ1n) is 7.28. The zero-order valence-corrected chi connectivity index (χ0v) is 14.1. The monoisotopic (exact) mass is 326 g/mol. The van der Waals surface area contributed by atoms with E-state index >= 15 is 0 Å². The molecule has 0 spiro atoms. The second-order valence-corrected chi connectivity index (χ2v) is 6.22. The molecule has 1 amide bonds. The quantitative estimate of drug-likeness (QED) is 0.813. The summed E-state index contributed by atoms with van der Waals surface area (Å²) in [5.41, 5.74) is -0.515. The number of nitrogens with one attached hydrogen (secondary N) is 1. The van der Waals surface area contributed by atoms with Gasteiger partial charge in [0.15, 0.2) is 5.78 Å². The summed E-state index contributed by atoms with van der Waals surface area (Å²) in [5, 5.41) is 2.63. The van der Waals surface area contributed by atoms with Gasteiger partial charge in [-0.3, -0.25) is 9.78 Å². The first kappa shape index (κ1) is 19.0. The third kappa shape index (κ3) is 6.32. The van der Waals surface area contributed by atoms with Gasteiger partial charge in [-0.1, -0.05) is 6.92 Å². The van der Waals surface area contributed by atoms with Crippen LogP contribution in [0, 0.1) is 11.7 Å². The molecule has 1 rings (SSSR count). The Balaban J connectivity index is 2.80. The Bertz CT molecular complexity index is 540. The van der Waals surface area contributed by atoms with Crippen LogP contribution >= 0.6 is 0 Å². The van der Waals surface area contributed by atoms with Crippen molar-refractivity contribution in [3.63, 3.8) is 0 Å². The molecule has 0 aliphatic heterocycles. The maximum Gasteiger partial charge on any atom is 0.407 e. The van der Waals surface area contributed by atoms with Gasteiger partial charge in [-0.05, 0) is 32.9 Å². The first-order chi connectivity index (χ1) is 10.6. The number of aromatic nitrogens is 1. The molecule has 0 aromatic carbocycles. The van der Waals surface area contributed by atoms with E-state index < -0.39 is 29.5 Å². The maximum absolute atomic E-state index is 12.9. The van der Waals surface area contributed by atoms with Gasteiger partial charge in [0.2, 0.25) is 0 Å². The molecule has 1 N–H and O–H groups in total. The average Bonchev–Trinajstić information content (AvgIpc) is 2.44. The van der Waals surface area contributed by atoms with E-state index in [-0.39, 0.29) is 18.1 Å². The number of hydrogen-bond acceptors (Lipinski definition) is 5. The largest absolute Gasteiger partial charge is 0.444 e. The van der Waals surface area contributed by atoms with Crippen molar-refractivity contribution < 1.29 is 23.5 Å². The van der Waals surface area contributed by atoms with Gasteiger partial charge in [-0.2, -0.15) is 0 Å². The molecular weight excluding hydrogens is 303 g/mol. The number of amides is 1. The highest BCUT2D eigenvalue weighted by molar-refractivity contribution is 5.96. The lowest BCUT2D eigenvalue weighted by atomic mass is 9.95. The second-order valence-electron chi connectivity index (χ2n) is 6.22. The molecule has 1 aromatic heterocycles.